The van der Waals surface area contributed by atoms with E-state index in [1.807, 2.05) is 6.92 Å². The third-order valence-electron chi connectivity index (χ3n) is 3.96. The Morgan fingerprint density at radius 3 is 2.84 bits per heavy atom. The van der Waals surface area contributed by atoms with E-state index in [0.29, 0.717) is 19.5 Å². The molecule has 19 heavy (non-hydrogen) atoms. The van der Waals surface area contributed by atoms with Crippen LogP contribution >= 0.6 is 0 Å². The van der Waals surface area contributed by atoms with E-state index in [0.717, 1.165) is 12.8 Å². The second-order valence-electron chi connectivity index (χ2n) is 5.28. The second kappa shape index (κ2) is 5.77. The molecular weight excluding hydrogens is 248 g/mol. The van der Waals surface area contributed by atoms with Crippen LogP contribution in [0.5, 0.6) is 0 Å². The Bertz CT molecular complexity index is 361. The number of esters is 1. The third kappa shape index (κ3) is 2.68. The summed E-state index contributed by atoms with van der Waals surface area (Å²) in [5.41, 5.74) is 0. The van der Waals surface area contributed by atoms with Crippen molar-refractivity contribution in [1.29, 1.82) is 0 Å². The quantitative estimate of drug-likeness (QED) is 0.762. The summed E-state index contributed by atoms with van der Waals surface area (Å²) in [5, 5.41) is 9.86. The molecule has 2 aliphatic rings. The van der Waals surface area contributed by atoms with E-state index in [2.05, 4.69) is 0 Å². The van der Waals surface area contributed by atoms with Gasteiger partial charge in [0.15, 0.2) is 0 Å². The van der Waals surface area contributed by atoms with Gasteiger partial charge in [-0.2, -0.15) is 0 Å². The molecule has 1 N–H and O–H groups in total. The van der Waals surface area contributed by atoms with E-state index in [1.54, 1.807) is 9.80 Å². The number of carbonyl (C=O) groups is 2. The average molecular weight is 270 g/mol. The molecule has 0 aromatic carbocycles. The number of carbonyl (C=O) groups excluding carboxylic acids is 2. The molecule has 2 amide bonds. The third-order valence-corrected chi connectivity index (χ3v) is 3.96. The van der Waals surface area contributed by atoms with Gasteiger partial charge >= 0.3 is 12.0 Å². The van der Waals surface area contributed by atoms with E-state index < -0.39 is 18.1 Å². The van der Waals surface area contributed by atoms with Crippen molar-refractivity contribution in [3.8, 4) is 0 Å². The molecular formula is C13H22N2O4. The van der Waals surface area contributed by atoms with Gasteiger partial charge in [-0.1, -0.05) is 6.92 Å². The molecule has 2 fully saturated rings. The lowest BCUT2D eigenvalue weighted by molar-refractivity contribution is -0.151. The number of rotatable bonds is 3. The van der Waals surface area contributed by atoms with Crippen LogP contribution in [0.1, 0.15) is 32.6 Å². The fourth-order valence-electron chi connectivity index (χ4n) is 3.08. The van der Waals surface area contributed by atoms with Crippen LogP contribution in [0.15, 0.2) is 0 Å². The number of nitrogens with zero attached hydrogens (tertiary/aromatic N) is 2. The largest absolute Gasteiger partial charge is 0.467 e. The van der Waals surface area contributed by atoms with Crippen molar-refractivity contribution in [3.63, 3.8) is 0 Å². The van der Waals surface area contributed by atoms with E-state index in [4.69, 9.17) is 4.74 Å². The van der Waals surface area contributed by atoms with Crippen molar-refractivity contribution in [2.45, 2.75) is 50.8 Å². The summed E-state index contributed by atoms with van der Waals surface area (Å²) < 4.78 is 4.77. The van der Waals surface area contributed by atoms with Crippen molar-refractivity contribution < 1.29 is 19.4 Å². The zero-order chi connectivity index (χ0) is 14.0. The monoisotopic (exact) mass is 270 g/mol. The molecule has 0 aliphatic carbocycles. The van der Waals surface area contributed by atoms with E-state index in [9.17, 15) is 14.7 Å². The maximum absolute atomic E-state index is 12.4. The molecule has 0 bridgehead atoms. The molecule has 2 saturated heterocycles. The predicted molar refractivity (Wildman–Crippen MR) is 68.5 cm³/mol. The lowest BCUT2D eigenvalue weighted by Crippen LogP contribution is -2.63. The van der Waals surface area contributed by atoms with Crippen LogP contribution < -0.4 is 0 Å². The van der Waals surface area contributed by atoms with Crippen molar-refractivity contribution in [3.05, 3.63) is 0 Å². The Morgan fingerprint density at radius 1 is 1.47 bits per heavy atom. The topological polar surface area (TPSA) is 70.1 Å². The molecule has 2 rings (SSSR count). The minimum atomic E-state index is -0.647. The molecule has 0 aromatic rings. The zero-order valence-electron chi connectivity index (χ0n) is 11.5. The minimum Gasteiger partial charge on any atom is -0.467 e. The van der Waals surface area contributed by atoms with Crippen molar-refractivity contribution in [2.24, 2.45) is 0 Å². The summed E-state index contributed by atoms with van der Waals surface area (Å²) in [5.74, 6) is -0.435. The standard InChI is InChI=1S/C13H22N2O4/c1-3-5-14-6-4-9-7-10(16)8-11(12(17)19-2)15(9)13(14)18/h9-11,16H,3-8H2,1-2H3/t9-,10-,11+/m1/s1. The molecule has 0 unspecified atom stereocenters. The summed E-state index contributed by atoms with van der Waals surface area (Å²) in [6, 6.07) is -0.792. The smallest absolute Gasteiger partial charge is 0.328 e. The number of piperidine rings is 1. The van der Waals surface area contributed by atoms with Crippen LogP contribution in [0.4, 0.5) is 4.79 Å². The Morgan fingerprint density at radius 2 is 2.21 bits per heavy atom. The fraction of sp³-hybridized carbons (Fsp3) is 0.846. The number of ether oxygens (including phenoxy) is 1. The highest BCUT2D eigenvalue weighted by atomic mass is 16.5. The first-order chi connectivity index (χ1) is 9.08. The highest BCUT2D eigenvalue weighted by Gasteiger charge is 2.45. The first kappa shape index (κ1) is 14.1. The number of hydrogen-bond acceptors (Lipinski definition) is 4. The minimum absolute atomic E-state index is 0.0477. The molecule has 0 saturated carbocycles. The van der Waals surface area contributed by atoms with Crippen molar-refractivity contribution >= 4 is 12.0 Å². The van der Waals surface area contributed by atoms with Crippen LogP contribution in [-0.4, -0.2) is 65.3 Å². The predicted octanol–water partition coefficient (Wildman–Crippen LogP) is 0.589. The summed E-state index contributed by atoms with van der Waals surface area (Å²) in [7, 11) is 1.32. The second-order valence-corrected chi connectivity index (χ2v) is 5.28. The van der Waals surface area contributed by atoms with Gasteiger partial charge in [0.05, 0.1) is 13.2 Å². The van der Waals surface area contributed by atoms with Gasteiger partial charge < -0.3 is 19.6 Å². The van der Waals surface area contributed by atoms with E-state index in [1.165, 1.54) is 7.11 Å². The summed E-state index contributed by atoms with van der Waals surface area (Å²) >= 11 is 0. The summed E-state index contributed by atoms with van der Waals surface area (Å²) in [6.07, 6.45) is 2.00. The Balaban J connectivity index is 2.19. The highest BCUT2D eigenvalue weighted by molar-refractivity contribution is 5.84. The van der Waals surface area contributed by atoms with Gasteiger partial charge in [-0.05, 0) is 19.3 Å². The first-order valence-corrected chi connectivity index (χ1v) is 6.91. The maximum Gasteiger partial charge on any atom is 0.328 e. The molecule has 6 nitrogen and oxygen atoms in total. The number of hydrogen-bond donors (Lipinski definition) is 1. The highest BCUT2D eigenvalue weighted by Crippen LogP contribution is 2.30. The number of fused-ring (bicyclic) bond motifs is 1. The maximum atomic E-state index is 12.4. The Labute approximate surface area is 113 Å². The zero-order valence-corrected chi connectivity index (χ0v) is 11.5. The van der Waals surface area contributed by atoms with Crippen LogP contribution in [0.3, 0.4) is 0 Å². The van der Waals surface area contributed by atoms with Gasteiger partial charge in [-0.25, -0.2) is 9.59 Å². The molecule has 6 heteroatoms. The van der Waals surface area contributed by atoms with E-state index in [-0.39, 0.29) is 18.5 Å². The molecule has 0 spiro atoms. The van der Waals surface area contributed by atoms with Crippen molar-refractivity contribution in [2.75, 3.05) is 20.2 Å². The van der Waals surface area contributed by atoms with Gasteiger partial charge in [0.2, 0.25) is 0 Å². The number of urea groups is 1. The number of aliphatic hydroxyl groups excluding tert-OH is 1. The van der Waals surface area contributed by atoms with Gasteiger partial charge in [-0.3, -0.25) is 0 Å². The summed E-state index contributed by atoms with van der Waals surface area (Å²) in [4.78, 5) is 27.7. The van der Waals surface area contributed by atoms with Crippen LogP contribution in [0.25, 0.3) is 0 Å². The molecule has 3 atom stereocenters. The van der Waals surface area contributed by atoms with Gasteiger partial charge in [0.25, 0.3) is 0 Å². The van der Waals surface area contributed by atoms with Gasteiger partial charge in [0.1, 0.15) is 6.04 Å². The number of aliphatic hydroxyl groups is 1. The molecule has 2 heterocycles. The van der Waals surface area contributed by atoms with Crippen LogP contribution in [0, 0.1) is 0 Å². The Hall–Kier alpha value is -1.30. The summed E-state index contributed by atoms with van der Waals surface area (Å²) in [6.45, 7) is 3.43. The van der Waals surface area contributed by atoms with Crippen LogP contribution in [-0.2, 0) is 9.53 Å². The van der Waals surface area contributed by atoms with Gasteiger partial charge in [-0.15, -0.1) is 0 Å². The average Bonchev–Trinajstić information content (AvgIpc) is 2.40. The molecule has 0 aromatic heterocycles. The van der Waals surface area contributed by atoms with E-state index >= 15 is 0 Å². The lowest BCUT2D eigenvalue weighted by Gasteiger charge is -2.48. The molecule has 108 valence electrons. The van der Waals surface area contributed by atoms with Crippen LogP contribution in [0.2, 0.25) is 0 Å². The normalized spacial score (nSPS) is 31.1. The number of amides is 2. The van der Waals surface area contributed by atoms with Gasteiger partial charge in [0, 0.05) is 25.6 Å². The molecule has 0 radical (unpaired) electrons. The molecule has 2 aliphatic heterocycles. The first-order valence-electron chi connectivity index (χ1n) is 6.91. The fourth-order valence-corrected chi connectivity index (χ4v) is 3.08. The lowest BCUT2D eigenvalue weighted by atomic mass is 9.90. The van der Waals surface area contributed by atoms with Crippen molar-refractivity contribution in [1.82, 2.24) is 9.80 Å². The SMILES string of the molecule is CCCN1CC[C@@H]2C[C@@H](O)C[C@@H](C(=O)OC)N2C1=O. The number of methoxy groups -OCH3 is 1. The Kier molecular flexibility index (Phi) is 4.29.